The van der Waals surface area contributed by atoms with Gasteiger partial charge in [0.1, 0.15) is 17.0 Å². The van der Waals surface area contributed by atoms with Crippen molar-refractivity contribution in [3.8, 4) is 0 Å². The first-order valence-electron chi connectivity index (χ1n) is 6.32. The number of hydrogen-bond acceptors (Lipinski definition) is 5. The molecule has 0 spiro atoms. The van der Waals surface area contributed by atoms with Crippen LogP contribution < -0.4 is 10.0 Å². The lowest BCUT2D eigenvalue weighted by molar-refractivity contribution is -0.135. The summed E-state index contributed by atoms with van der Waals surface area (Å²) in [5.41, 5.74) is -0.742. The zero-order chi connectivity index (χ0) is 17.0. The highest BCUT2D eigenvalue weighted by Crippen LogP contribution is 2.21. The highest BCUT2D eigenvalue weighted by Gasteiger charge is 2.22. The Kier molecular flexibility index (Phi) is 5.50. The maximum absolute atomic E-state index is 12.1. The molecule has 0 aromatic heterocycles. The SMILES string of the molecule is CC(C)(C)OC(=O)Nc1ccccc1S(=O)(=O)NCC(=O)O. The number of para-hydroxylation sites is 1. The first-order chi connectivity index (χ1) is 10.0. The monoisotopic (exact) mass is 330 g/mol. The van der Waals surface area contributed by atoms with Crippen molar-refractivity contribution in [2.75, 3.05) is 11.9 Å². The second-order valence-corrected chi connectivity index (χ2v) is 7.08. The first-order valence-corrected chi connectivity index (χ1v) is 7.80. The van der Waals surface area contributed by atoms with Crippen molar-refractivity contribution < 1.29 is 27.9 Å². The zero-order valence-corrected chi connectivity index (χ0v) is 13.2. The predicted octanol–water partition coefficient (Wildman–Crippen LogP) is 1.40. The highest BCUT2D eigenvalue weighted by atomic mass is 32.2. The molecule has 8 nitrogen and oxygen atoms in total. The quantitative estimate of drug-likeness (QED) is 0.750. The van der Waals surface area contributed by atoms with Gasteiger partial charge in [-0.3, -0.25) is 10.1 Å². The molecule has 0 aliphatic rings. The minimum atomic E-state index is -4.08. The molecule has 0 atom stereocenters. The van der Waals surface area contributed by atoms with Crippen molar-refractivity contribution in [3.63, 3.8) is 0 Å². The van der Waals surface area contributed by atoms with E-state index in [4.69, 9.17) is 9.84 Å². The number of carboxylic acid groups (broad SMARTS) is 1. The third-order valence-corrected chi connectivity index (χ3v) is 3.69. The maximum atomic E-state index is 12.1. The number of aliphatic carboxylic acids is 1. The maximum Gasteiger partial charge on any atom is 0.412 e. The average Bonchev–Trinajstić information content (AvgIpc) is 2.34. The van der Waals surface area contributed by atoms with Gasteiger partial charge in [-0.2, -0.15) is 4.72 Å². The molecule has 9 heteroatoms. The summed E-state index contributed by atoms with van der Waals surface area (Å²) in [6.45, 7) is 4.25. The molecule has 1 aromatic carbocycles. The van der Waals surface area contributed by atoms with Gasteiger partial charge in [0.25, 0.3) is 0 Å². The zero-order valence-electron chi connectivity index (χ0n) is 12.4. The number of benzene rings is 1. The molecule has 0 saturated heterocycles. The third-order valence-electron chi connectivity index (χ3n) is 2.23. The summed E-state index contributed by atoms with van der Waals surface area (Å²) in [4.78, 5) is 22.0. The van der Waals surface area contributed by atoms with Crippen LogP contribution in [-0.2, 0) is 19.6 Å². The van der Waals surface area contributed by atoms with Crippen LogP contribution in [0, 0.1) is 0 Å². The molecule has 122 valence electrons. The van der Waals surface area contributed by atoms with Crippen LogP contribution in [-0.4, -0.2) is 37.7 Å². The van der Waals surface area contributed by atoms with Crippen LogP contribution in [0.1, 0.15) is 20.8 Å². The van der Waals surface area contributed by atoms with E-state index in [9.17, 15) is 18.0 Å². The molecule has 0 aliphatic heterocycles. The van der Waals surface area contributed by atoms with Crippen molar-refractivity contribution in [1.29, 1.82) is 0 Å². The molecule has 0 fully saturated rings. The fraction of sp³-hybridized carbons (Fsp3) is 0.385. The van der Waals surface area contributed by atoms with Gasteiger partial charge in [0.15, 0.2) is 0 Å². The van der Waals surface area contributed by atoms with Crippen LogP contribution in [0.2, 0.25) is 0 Å². The Balaban J connectivity index is 2.99. The van der Waals surface area contributed by atoms with Gasteiger partial charge in [-0.1, -0.05) is 12.1 Å². The second kappa shape index (κ2) is 6.75. The summed E-state index contributed by atoms with van der Waals surface area (Å²) in [5.74, 6) is -1.32. The molecule has 3 N–H and O–H groups in total. The Morgan fingerprint density at radius 3 is 2.36 bits per heavy atom. The van der Waals surface area contributed by atoms with Gasteiger partial charge in [-0.15, -0.1) is 0 Å². The van der Waals surface area contributed by atoms with Gasteiger partial charge in [0, 0.05) is 0 Å². The number of hydrogen-bond donors (Lipinski definition) is 3. The molecule has 0 bridgehead atoms. The van der Waals surface area contributed by atoms with E-state index in [2.05, 4.69) is 5.32 Å². The summed E-state index contributed by atoms with van der Waals surface area (Å²) in [6, 6.07) is 5.61. The topological polar surface area (TPSA) is 122 Å². The molecule has 0 heterocycles. The van der Waals surface area contributed by atoms with Gasteiger partial charge in [-0.05, 0) is 32.9 Å². The van der Waals surface area contributed by atoms with E-state index in [0.29, 0.717) is 0 Å². The predicted molar refractivity (Wildman–Crippen MR) is 79.1 cm³/mol. The van der Waals surface area contributed by atoms with Crippen LogP contribution in [0.5, 0.6) is 0 Å². The number of rotatable bonds is 5. The van der Waals surface area contributed by atoms with Crippen molar-refractivity contribution >= 4 is 27.8 Å². The standard InChI is InChI=1S/C13H18N2O6S/c1-13(2,3)21-12(18)15-9-6-4-5-7-10(9)22(19,20)14-8-11(16)17/h4-7,14H,8H2,1-3H3,(H,15,18)(H,16,17). The Morgan fingerprint density at radius 1 is 1.23 bits per heavy atom. The summed E-state index contributed by atoms with van der Waals surface area (Å²) < 4.78 is 31.1. The normalized spacial score (nSPS) is 11.8. The van der Waals surface area contributed by atoms with E-state index in [0.717, 1.165) is 0 Å². The van der Waals surface area contributed by atoms with Crippen molar-refractivity contribution in [3.05, 3.63) is 24.3 Å². The minimum absolute atomic E-state index is 0.00496. The number of nitrogens with one attached hydrogen (secondary N) is 2. The molecule has 0 aliphatic carbocycles. The molecule has 22 heavy (non-hydrogen) atoms. The van der Waals surface area contributed by atoms with Crippen molar-refractivity contribution in [2.45, 2.75) is 31.3 Å². The Labute approximate surface area is 128 Å². The van der Waals surface area contributed by atoms with Crippen LogP contribution in [0.4, 0.5) is 10.5 Å². The number of sulfonamides is 1. The van der Waals surface area contributed by atoms with Crippen LogP contribution in [0.15, 0.2) is 29.2 Å². The molecule has 1 amide bonds. The van der Waals surface area contributed by atoms with Crippen LogP contribution in [0.25, 0.3) is 0 Å². The van der Waals surface area contributed by atoms with Gasteiger partial charge >= 0.3 is 12.1 Å². The lowest BCUT2D eigenvalue weighted by Crippen LogP contribution is -2.31. The molecule has 0 unspecified atom stereocenters. The number of anilines is 1. The van der Waals surface area contributed by atoms with E-state index in [1.54, 1.807) is 20.8 Å². The Hall–Kier alpha value is -2.13. The van der Waals surface area contributed by atoms with Gasteiger partial charge in [0.05, 0.1) is 5.69 Å². The lowest BCUT2D eigenvalue weighted by atomic mass is 10.2. The first kappa shape index (κ1) is 17.9. The number of amides is 1. The Bertz CT molecular complexity index is 663. The Morgan fingerprint density at radius 2 is 1.82 bits per heavy atom. The van der Waals surface area contributed by atoms with Crippen LogP contribution >= 0.6 is 0 Å². The molecular formula is C13H18N2O6S. The number of ether oxygens (including phenoxy) is 1. The summed E-state index contributed by atoms with van der Waals surface area (Å²) in [7, 11) is -4.08. The van der Waals surface area contributed by atoms with Gasteiger partial charge in [0.2, 0.25) is 10.0 Å². The molecular weight excluding hydrogens is 312 g/mol. The van der Waals surface area contributed by atoms with E-state index < -0.39 is 34.2 Å². The number of carbonyl (C=O) groups excluding carboxylic acids is 1. The van der Waals surface area contributed by atoms with E-state index in [1.807, 2.05) is 4.72 Å². The molecule has 1 aromatic rings. The van der Waals surface area contributed by atoms with E-state index in [-0.39, 0.29) is 10.6 Å². The van der Waals surface area contributed by atoms with E-state index in [1.165, 1.54) is 24.3 Å². The number of carbonyl (C=O) groups is 2. The van der Waals surface area contributed by atoms with Gasteiger partial charge in [-0.25, -0.2) is 13.2 Å². The molecule has 0 saturated carbocycles. The smallest absolute Gasteiger partial charge is 0.412 e. The van der Waals surface area contributed by atoms with Crippen molar-refractivity contribution in [2.24, 2.45) is 0 Å². The fourth-order valence-electron chi connectivity index (χ4n) is 1.45. The molecule has 1 rings (SSSR count). The average molecular weight is 330 g/mol. The number of carboxylic acids is 1. The van der Waals surface area contributed by atoms with Crippen molar-refractivity contribution in [1.82, 2.24) is 4.72 Å². The van der Waals surface area contributed by atoms with Gasteiger partial charge < -0.3 is 9.84 Å². The van der Waals surface area contributed by atoms with E-state index >= 15 is 0 Å². The van der Waals surface area contributed by atoms with Crippen LogP contribution in [0.3, 0.4) is 0 Å². The molecule has 0 radical (unpaired) electrons. The minimum Gasteiger partial charge on any atom is -0.480 e. The lowest BCUT2D eigenvalue weighted by Gasteiger charge is -2.20. The highest BCUT2D eigenvalue weighted by molar-refractivity contribution is 7.89. The largest absolute Gasteiger partial charge is 0.480 e. The fourth-order valence-corrected chi connectivity index (χ4v) is 2.59. The summed E-state index contributed by atoms with van der Waals surface area (Å²) >= 11 is 0. The summed E-state index contributed by atoms with van der Waals surface area (Å²) in [6.07, 6.45) is -0.812. The second-order valence-electron chi connectivity index (χ2n) is 5.34. The summed E-state index contributed by atoms with van der Waals surface area (Å²) in [5, 5.41) is 10.9. The third kappa shape index (κ3) is 5.70.